The van der Waals surface area contributed by atoms with Crippen LogP contribution in [0.3, 0.4) is 0 Å². The van der Waals surface area contributed by atoms with Gasteiger partial charge in [-0.05, 0) is 37.0 Å². The number of aryl methyl sites for hydroxylation is 1. The molecule has 1 aromatic rings. The van der Waals surface area contributed by atoms with E-state index < -0.39 is 15.8 Å². The Morgan fingerprint density at radius 2 is 2.00 bits per heavy atom. The Kier molecular flexibility index (Phi) is 6.57. The van der Waals surface area contributed by atoms with Gasteiger partial charge in [-0.25, -0.2) is 17.5 Å². The Labute approximate surface area is 125 Å². The van der Waals surface area contributed by atoms with Gasteiger partial charge in [0.1, 0.15) is 5.82 Å². The summed E-state index contributed by atoms with van der Waals surface area (Å²) in [7, 11) is -3.70. The predicted molar refractivity (Wildman–Crippen MR) is 81.0 cm³/mol. The van der Waals surface area contributed by atoms with Crippen LogP contribution in [0.15, 0.2) is 17.0 Å². The van der Waals surface area contributed by atoms with E-state index in [1.54, 1.807) is 0 Å². The van der Waals surface area contributed by atoms with Gasteiger partial charge in [0.05, 0.1) is 17.2 Å². The Hall–Kier alpha value is -1.18. The average Bonchev–Trinajstić information content (AvgIpc) is 2.39. The highest BCUT2D eigenvalue weighted by Gasteiger charge is 2.16. The molecule has 0 unspecified atom stereocenters. The first-order valence-electron chi connectivity index (χ1n) is 6.87. The number of ether oxygens (including phenoxy) is 1. The Balaban J connectivity index is 2.54. The summed E-state index contributed by atoms with van der Waals surface area (Å²) in [6.07, 6.45) is 0.931. The molecule has 21 heavy (non-hydrogen) atoms. The van der Waals surface area contributed by atoms with E-state index in [1.807, 2.05) is 0 Å². The van der Waals surface area contributed by atoms with Crippen molar-refractivity contribution in [3.8, 4) is 0 Å². The summed E-state index contributed by atoms with van der Waals surface area (Å²) in [4.78, 5) is -0.0407. The van der Waals surface area contributed by atoms with Crippen LogP contribution in [0.5, 0.6) is 0 Å². The Morgan fingerprint density at radius 3 is 2.57 bits per heavy atom. The second-order valence-corrected chi connectivity index (χ2v) is 7.10. The fraction of sp³-hybridized carbons (Fsp3) is 0.571. The molecule has 0 aliphatic rings. The molecule has 1 rings (SSSR count). The second kappa shape index (κ2) is 7.72. The van der Waals surface area contributed by atoms with Crippen LogP contribution >= 0.6 is 0 Å². The van der Waals surface area contributed by atoms with Crippen molar-refractivity contribution in [3.05, 3.63) is 23.5 Å². The third-order valence-corrected chi connectivity index (χ3v) is 4.38. The number of sulfonamides is 1. The fourth-order valence-corrected chi connectivity index (χ4v) is 2.80. The van der Waals surface area contributed by atoms with Gasteiger partial charge in [0.25, 0.3) is 0 Å². The summed E-state index contributed by atoms with van der Waals surface area (Å²) in [5.74, 6) is -0.0437. The number of benzene rings is 1. The standard InChI is InChI=1S/C14H23FN2O3S/c1-10(2)4-6-20-7-5-17-21(18,19)12-8-11(3)14(15)13(16)9-12/h8-10,17H,4-7,16H2,1-3H3. The van der Waals surface area contributed by atoms with Gasteiger partial charge in [-0.15, -0.1) is 0 Å². The van der Waals surface area contributed by atoms with Gasteiger partial charge >= 0.3 is 0 Å². The molecule has 0 spiro atoms. The van der Waals surface area contributed by atoms with Gasteiger partial charge in [-0.1, -0.05) is 13.8 Å². The lowest BCUT2D eigenvalue weighted by molar-refractivity contribution is 0.128. The highest BCUT2D eigenvalue weighted by Crippen LogP contribution is 2.20. The van der Waals surface area contributed by atoms with Crippen molar-refractivity contribution in [1.82, 2.24) is 4.72 Å². The van der Waals surface area contributed by atoms with Crippen molar-refractivity contribution < 1.29 is 17.5 Å². The summed E-state index contributed by atoms with van der Waals surface area (Å²) in [6.45, 7) is 6.71. The maximum Gasteiger partial charge on any atom is 0.240 e. The predicted octanol–water partition coefficient (Wildman–Crippen LogP) is 2.06. The van der Waals surface area contributed by atoms with Crippen molar-refractivity contribution >= 4 is 15.7 Å². The van der Waals surface area contributed by atoms with Crippen molar-refractivity contribution in [1.29, 1.82) is 0 Å². The van der Waals surface area contributed by atoms with Crippen molar-refractivity contribution in [3.63, 3.8) is 0 Å². The molecule has 120 valence electrons. The second-order valence-electron chi connectivity index (χ2n) is 5.34. The first kappa shape index (κ1) is 17.9. The summed E-state index contributed by atoms with van der Waals surface area (Å²) in [6, 6.07) is 2.37. The van der Waals surface area contributed by atoms with E-state index in [1.165, 1.54) is 13.0 Å². The molecule has 0 bridgehead atoms. The van der Waals surface area contributed by atoms with E-state index >= 15 is 0 Å². The molecular formula is C14H23FN2O3S. The molecule has 0 atom stereocenters. The lowest BCUT2D eigenvalue weighted by Crippen LogP contribution is -2.28. The number of hydrogen-bond donors (Lipinski definition) is 2. The molecular weight excluding hydrogens is 295 g/mol. The van der Waals surface area contributed by atoms with Crippen molar-refractivity contribution in [2.75, 3.05) is 25.5 Å². The number of nitrogen functional groups attached to an aromatic ring is 1. The van der Waals surface area contributed by atoms with Gasteiger partial charge in [0.2, 0.25) is 10.0 Å². The summed E-state index contributed by atoms with van der Waals surface area (Å²) < 4.78 is 45.2. The minimum atomic E-state index is -3.70. The van der Waals surface area contributed by atoms with Crippen molar-refractivity contribution in [2.24, 2.45) is 5.92 Å². The number of hydrogen-bond acceptors (Lipinski definition) is 4. The molecule has 0 amide bonds. The maximum atomic E-state index is 13.4. The third-order valence-electron chi connectivity index (χ3n) is 2.94. The number of anilines is 1. The topological polar surface area (TPSA) is 81.4 Å². The van der Waals surface area contributed by atoms with Gasteiger partial charge in [-0.3, -0.25) is 0 Å². The first-order chi connectivity index (χ1) is 9.74. The van der Waals surface area contributed by atoms with Crippen LogP contribution in [0.25, 0.3) is 0 Å². The van der Waals surface area contributed by atoms with E-state index in [0.29, 0.717) is 19.1 Å². The smallest absolute Gasteiger partial charge is 0.240 e. The van der Waals surface area contributed by atoms with E-state index in [9.17, 15) is 12.8 Å². The van der Waals surface area contributed by atoms with Gasteiger partial charge in [0, 0.05) is 13.2 Å². The highest BCUT2D eigenvalue weighted by atomic mass is 32.2. The molecule has 0 fully saturated rings. The normalized spacial score (nSPS) is 12.0. The lowest BCUT2D eigenvalue weighted by atomic mass is 10.1. The van der Waals surface area contributed by atoms with Crippen LogP contribution in [-0.2, 0) is 14.8 Å². The zero-order chi connectivity index (χ0) is 16.0. The van der Waals surface area contributed by atoms with Gasteiger partial charge in [0.15, 0.2) is 0 Å². The molecule has 0 saturated carbocycles. The average molecular weight is 318 g/mol. The molecule has 7 heteroatoms. The molecule has 3 N–H and O–H groups in total. The molecule has 0 aliphatic heterocycles. The van der Waals surface area contributed by atoms with Crippen LogP contribution in [0, 0.1) is 18.7 Å². The van der Waals surface area contributed by atoms with Crippen LogP contribution in [-0.4, -0.2) is 28.2 Å². The first-order valence-corrected chi connectivity index (χ1v) is 8.35. The summed E-state index contributed by atoms with van der Waals surface area (Å²) >= 11 is 0. The third kappa shape index (κ3) is 5.61. The largest absolute Gasteiger partial charge is 0.396 e. The van der Waals surface area contributed by atoms with E-state index in [2.05, 4.69) is 18.6 Å². The molecule has 0 aromatic heterocycles. The fourth-order valence-electron chi connectivity index (χ4n) is 1.67. The van der Waals surface area contributed by atoms with E-state index in [4.69, 9.17) is 10.5 Å². The SMILES string of the molecule is Cc1cc(S(=O)(=O)NCCOCCC(C)C)cc(N)c1F. The Bertz CT molecular complexity index is 551. The van der Waals surface area contributed by atoms with Crippen LogP contribution < -0.4 is 10.5 Å². The monoisotopic (exact) mass is 318 g/mol. The maximum absolute atomic E-state index is 13.4. The zero-order valence-electron chi connectivity index (χ0n) is 12.6. The Morgan fingerprint density at radius 1 is 1.33 bits per heavy atom. The zero-order valence-corrected chi connectivity index (χ0v) is 13.5. The van der Waals surface area contributed by atoms with Crippen LogP contribution in [0.4, 0.5) is 10.1 Å². The highest BCUT2D eigenvalue weighted by molar-refractivity contribution is 7.89. The van der Waals surface area contributed by atoms with Crippen LogP contribution in [0.2, 0.25) is 0 Å². The minimum absolute atomic E-state index is 0.0407. The number of nitrogens with two attached hydrogens (primary N) is 1. The number of nitrogens with one attached hydrogen (secondary N) is 1. The van der Waals surface area contributed by atoms with E-state index in [0.717, 1.165) is 12.5 Å². The summed E-state index contributed by atoms with van der Waals surface area (Å²) in [5, 5.41) is 0. The lowest BCUT2D eigenvalue weighted by Gasteiger charge is -2.10. The molecule has 0 saturated heterocycles. The molecule has 0 heterocycles. The van der Waals surface area contributed by atoms with Gasteiger partial charge < -0.3 is 10.5 Å². The van der Waals surface area contributed by atoms with E-state index in [-0.39, 0.29) is 22.7 Å². The summed E-state index contributed by atoms with van der Waals surface area (Å²) in [5.41, 5.74) is 5.47. The van der Waals surface area contributed by atoms with Crippen LogP contribution in [0.1, 0.15) is 25.8 Å². The van der Waals surface area contributed by atoms with Gasteiger partial charge in [-0.2, -0.15) is 0 Å². The minimum Gasteiger partial charge on any atom is -0.396 e. The van der Waals surface area contributed by atoms with Crippen molar-refractivity contribution in [2.45, 2.75) is 32.1 Å². The number of halogens is 1. The molecule has 0 radical (unpaired) electrons. The molecule has 0 aliphatic carbocycles. The molecule has 5 nitrogen and oxygen atoms in total. The quantitative estimate of drug-likeness (QED) is 0.568. The molecule has 1 aromatic carbocycles. The number of rotatable bonds is 8.